The number of hydrogen-bond acceptors (Lipinski definition) is 4. The average Bonchev–Trinajstić information content (AvgIpc) is 3.45. The highest BCUT2D eigenvalue weighted by Crippen LogP contribution is 2.37. The molecule has 0 amide bonds. The Hall–Kier alpha value is -3.32. The summed E-state index contributed by atoms with van der Waals surface area (Å²) in [5.74, 6) is 0.118. The first kappa shape index (κ1) is 18.4. The summed E-state index contributed by atoms with van der Waals surface area (Å²) < 4.78 is 21.1. The lowest BCUT2D eigenvalue weighted by atomic mass is 9.84. The molecule has 1 aromatic carbocycles. The van der Waals surface area contributed by atoms with Crippen LogP contribution in [0.3, 0.4) is 0 Å². The summed E-state index contributed by atoms with van der Waals surface area (Å²) in [5.41, 5.74) is 5.37. The number of hydrogen-bond donors (Lipinski definition) is 1. The Kier molecular flexibility index (Phi) is 4.24. The summed E-state index contributed by atoms with van der Waals surface area (Å²) in [4.78, 5) is 13.0. The Balaban J connectivity index is 1.51. The van der Waals surface area contributed by atoms with Crippen LogP contribution < -0.4 is 0 Å². The van der Waals surface area contributed by atoms with Crippen LogP contribution >= 0.6 is 0 Å². The topological polar surface area (TPSA) is 68.1 Å². The summed E-state index contributed by atoms with van der Waals surface area (Å²) in [6.45, 7) is 0. The minimum Gasteiger partial charge on any atom is -0.381 e. The van der Waals surface area contributed by atoms with Crippen LogP contribution in [0, 0.1) is 5.82 Å². The first-order valence-electron chi connectivity index (χ1n) is 10.6. The van der Waals surface area contributed by atoms with E-state index < -0.39 is 0 Å². The molecule has 0 atom stereocenters. The number of nitrogens with one attached hydrogen (secondary N) is 1. The van der Waals surface area contributed by atoms with Gasteiger partial charge < -0.3 is 9.72 Å². The number of halogens is 1. The Morgan fingerprint density at radius 1 is 1.10 bits per heavy atom. The van der Waals surface area contributed by atoms with Crippen molar-refractivity contribution in [3.63, 3.8) is 0 Å². The maximum absolute atomic E-state index is 13.7. The lowest BCUT2D eigenvalue weighted by Crippen LogP contribution is -2.20. The van der Waals surface area contributed by atoms with Crippen LogP contribution in [0.4, 0.5) is 4.39 Å². The van der Waals surface area contributed by atoms with E-state index in [9.17, 15) is 4.39 Å². The average molecular weight is 415 g/mol. The highest BCUT2D eigenvalue weighted by atomic mass is 19.1. The molecule has 6 nitrogen and oxygen atoms in total. The molecule has 1 aliphatic rings. The van der Waals surface area contributed by atoms with E-state index in [-0.39, 0.29) is 5.82 Å². The second-order valence-electron chi connectivity index (χ2n) is 8.30. The first-order chi connectivity index (χ1) is 15.2. The van der Waals surface area contributed by atoms with Crippen LogP contribution in [-0.2, 0) is 4.74 Å². The molecule has 0 saturated heterocycles. The summed E-state index contributed by atoms with van der Waals surface area (Å²) in [7, 11) is 1.79. The number of methoxy groups -OCH3 is 1. The van der Waals surface area contributed by atoms with Gasteiger partial charge in [-0.2, -0.15) is 9.61 Å². The number of rotatable bonds is 3. The summed E-state index contributed by atoms with van der Waals surface area (Å²) >= 11 is 0. The van der Waals surface area contributed by atoms with Gasteiger partial charge in [-0.25, -0.2) is 9.37 Å². The molecule has 1 N–H and O–H groups in total. The predicted molar refractivity (Wildman–Crippen MR) is 118 cm³/mol. The van der Waals surface area contributed by atoms with E-state index in [1.807, 2.05) is 23.0 Å². The lowest BCUT2D eigenvalue weighted by Gasteiger charge is -2.27. The van der Waals surface area contributed by atoms with E-state index in [0.717, 1.165) is 70.1 Å². The van der Waals surface area contributed by atoms with Gasteiger partial charge in [0, 0.05) is 47.3 Å². The van der Waals surface area contributed by atoms with Gasteiger partial charge in [0.1, 0.15) is 11.5 Å². The van der Waals surface area contributed by atoms with Crippen molar-refractivity contribution in [3.05, 3.63) is 60.4 Å². The molecular formula is C24H22FN5O. The minimum absolute atomic E-state index is 0.272. The quantitative estimate of drug-likeness (QED) is 0.438. The van der Waals surface area contributed by atoms with E-state index in [1.54, 1.807) is 19.4 Å². The number of pyridine rings is 1. The number of aromatic nitrogens is 5. The SMILES string of the molecule is COC1CCC(c2nc3c(-c4cnc5ccc(F)cc5c4)cnn3c3[nH]ccc23)CC1. The van der Waals surface area contributed by atoms with Crippen LogP contribution in [0.5, 0.6) is 0 Å². The van der Waals surface area contributed by atoms with E-state index in [1.165, 1.54) is 12.1 Å². The highest BCUT2D eigenvalue weighted by Gasteiger charge is 2.26. The standard InChI is InChI=1S/C24H22FN5O/c1-31-18-5-2-14(3-6-18)22-19-8-9-26-23(19)30-24(29-22)20(13-28-30)16-10-15-11-17(25)4-7-21(15)27-12-16/h4,7-14,18,26H,2-3,5-6H2,1H3. The van der Waals surface area contributed by atoms with Crippen LogP contribution in [0.25, 0.3) is 38.7 Å². The highest BCUT2D eigenvalue weighted by molar-refractivity contribution is 5.89. The van der Waals surface area contributed by atoms with E-state index in [0.29, 0.717) is 12.0 Å². The van der Waals surface area contributed by atoms with Crippen molar-refractivity contribution in [2.45, 2.75) is 37.7 Å². The molecule has 4 aromatic heterocycles. The summed E-state index contributed by atoms with van der Waals surface area (Å²) in [6, 6.07) is 8.67. The van der Waals surface area contributed by atoms with Crippen molar-refractivity contribution in [2.24, 2.45) is 0 Å². The molecule has 1 aliphatic carbocycles. The van der Waals surface area contributed by atoms with Gasteiger partial charge in [0.15, 0.2) is 5.65 Å². The molecule has 0 spiro atoms. The fraction of sp³-hybridized carbons (Fsp3) is 0.292. The lowest BCUT2D eigenvalue weighted by molar-refractivity contribution is 0.0656. The number of ether oxygens (including phenoxy) is 1. The smallest absolute Gasteiger partial charge is 0.165 e. The monoisotopic (exact) mass is 415 g/mol. The van der Waals surface area contributed by atoms with Crippen molar-refractivity contribution < 1.29 is 9.13 Å². The molecule has 1 saturated carbocycles. The van der Waals surface area contributed by atoms with Gasteiger partial charge in [0.2, 0.25) is 0 Å². The van der Waals surface area contributed by atoms with Gasteiger partial charge in [-0.1, -0.05) is 0 Å². The van der Waals surface area contributed by atoms with E-state index in [4.69, 9.17) is 9.72 Å². The van der Waals surface area contributed by atoms with Crippen LogP contribution in [-0.4, -0.2) is 37.8 Å². The zero-order valence-corrected chi connectivity index (χ0v) is 17.2. The molecule has 0 radical (unpaired) electrons. The molecule has 7 heteroatoms. The Morgan fingerprint density at radius 3 is 2.81 bits per heavy atom. The van der Waals surface area contributed by atoms with Crippen molar-refractivity contribution in [3.8, 4) is 11.1 Å². The maximum Gasteiger partial charge on any atom is 0.165 e. The van der Waals surface area contributed by atoms with Crippen LogP contribution in [0.1, 0.15) is 37.3 Å². The third-order valence-electron chi connectivity index (χ3n) is 6.53. The fourth-order valence-electron chi connectivity index (χ4n) is 4.87. The third-order valence-corrected chi connectivity index (χ3v) is 6.53. The molecule has 0 unspecified atom stereocenters. The van der Waals surface area contributed by atoms with Gasteiger partial charge in [-0.15, -0.1) is 0 Å². The number of fused-ring (bicyclic) bond motifs is 4. The molecule has 31 heavy (non-hydrogen) atoms. The van der Waals surface area contributed by atoms with Gasteiger partial charge in [0.25, 0.3) is 0 Å². The van der Waals surface area contributed by atoms with Crippen molar-refractivity contribution in [1.29, 1.82) is 0 Å². The zero-order chi connectivity index (χ0) is 20.9. The van der Waals surface area contributed by atoms with Crippen molar-refractivity contribution >= 4 is 27.6 Å². The minimum atomic E-state index is -0.272. The largest absolute Gasteiger partial charge is 0.381 e. The zero-order valence-electron chi connectivity index (χ0n) is 17.2. The fourth-order valence-corrected chi connectivity index (χ4v) is 4.87. The van der Waals surface area contributed by atoms with Gasteiger partial charge in [-0.05, 0) is 56.0 Å². The first-order valence-corrected chi connectivity index (χ1v) is 10.6. The molecular weight excluding hydrogens is 393 g/mol. The Labute approximate surface area is 178 Å². The number of benzene rings is 1. The maximum atomic E-state index is 13.7. The molecule has 5 aromatic rings. The third kappa shape index (κ3) is 2.99. The van der Waals surface area contributed by atoms with Crippen molar-refractivity contribution in [2.75, 3.05) is 7.11 Å². The Bertz CT molecular complexity index is 1410. The van der Waals surface area contributed by atoms with E-state index >= 15 is 0 Å². The normalized spacial score (nSPS) is 19.5. The predicted octanol–water partition coefficient (Wildman–Crippen LogP) is 5.24. The second kappa shape index (κ2) is 7.13. The Morgan fingerprint density at radius 2 is 1.97 bits per heavy atom. The molecule has 0 bridgehead atoms. The molecule has 6 rings (SSSR count). The molecule has 4 heterocycles. The summed E-state index contributed by atoms with van der Waals surface area (Å²) in [6.07, 6.45) is 10.1. The molecule has 1 fully saturated rings. The number of aromatic amines is 1. The van der Waals surface area contributed by atoms with Crippen molar-refractivity contribution in [1.82, 2.24) is 24.6 Å². The molecule has 156 valence electrons. The summed E-state index contributed by atoms with van der Waals surface area (Å²) in [5, 5.41) is 6.48. The second-order valence-corrected chi connectivity index (χ2v) is 8.30. The molecule has 0 aliphatic heterocycles. The van der Waals surface area contributed by atoms with Gasteiger partial charge in [0.05, 0.1) is 23.5 Å². The van der Waals surface area contributed by atoms with Gasteiger partial charge in [-0.3, -0.25) is 4.98 Å². The number of nitrogens with zero attached hydrogens (tertiary/aromatic N) is 4. The van der Waals surface area contributed by atoms with Crippen LogP contribution in [0.2, 0.25) is 0 Å². The van der Waals surface area contributed by atoms with E-state index in [2.05, 4.69) is 21.1 Å². The van der Waals surface area contributed by atoms with Crippen LogP contribution in [0.15, 0.2) is 48.9 Å². The number of H-pyrrole nitrogens is 1. The van der Waals surface area contributed by atoms with Gasteiger partial charge >= 0.3 is 0 Å².